The van der Waals surface area contributed by atoms with E-state index in [9.17, 15) is 0 Å². The Balaban J connectivity index is 1.55. The van der Waals surface area contributed by atoms with Crippen molar-refractivity contribution in [3.63, 3.8) is 0 Å². The molecule has 0 bridgehead atoms. The van der Waals surface area contributed by atoms with E-state index in [-0.39, 0.29) is 12.3 Å². The van der Waals surface area contributed by atoms with Gasteiger partial charge >= 0.3 is 0 Å². The molecule has 0 fully saturated rings. The van der Waals surface area contributed by atoms with E-state index < -0.39 is 0 Å². The molecule has 0 radical (unpaired) electrons. The molecule has 2 heterocycles. The zero-order chi connectivity index (χ0) is 21.4. The third-order valence-corrected chi connectivity index (χ3v) is 5.82. The molecule has 158 valence electrons. The van der Waals surface area contributed by atoms with Crippen molar-refractivity contribution in [3.8, 4) is 23.0 Å². The van der Waals surface area contributed by atoms with Crippen molar-refractivity contribution in [2.45, 2.75) is 18.7 Å². The molecule has 31 heavy (non-hydrogen) atoms. The number of hydrogen-bond acceptors (Lipinski definition) is 6. The molecule has 0 unspecified atom stereocenters. The van der Waals surface area contributed by atoms with Crippen LogP contribution in [0.3, 0.4) is 0 Å². The molecule has 2 aliphatic rings. The maximum atomic E-state index is 6.40. The Labute approximate surface area is 181 Å². The lowest BCUT2D eigenvalue weighted by molar-refractivity contribution is -0.0190. The number of benzene rings is 3. The van der Waals surface area contributed by atoms with E-state index in [0.717, 1.165) is 40.3 Å². The van der Waals surface area contributed by atoms with Crippen molar-refractivity contribution in [3.05, 3.63) is 83.4 Å². The van der Waals surface area contributed by atoms with E-state index in [1.807, 2.05) is 60.7 Å². The number of para-hydroxylation sites is 1. The van der Waals surface area contributed by atoms with Crippen LogP contribution >= 0.6 is 0 Å². The summed E-state index contributed by atoms with van der Waals surface area (Å²) >= 11 is 0. The summed E-state index contributed by atoms with van der Waals surface area (Å²) < 4.78 is 22.6. The topological polar surface area (TPSA) is 52.5 Å². The van der Waals surface area contributed by atoms with E-state index in [0.29, 0.717) is 11.5 Å². The van der Waals surface area contributed by atoms with Crippen LogP contribution in [0.4, 0.5) is 0 Å². The first-order valence-electron chi connectivity index (χ1n) is 10.2. The Morgan fingerprint density at radius 3 is 2.39 bits per heavy atom. The SMILES string of the molecule is COc1ccc([C@H]2Oc3ccccc3[C@@H]3CC(c4ccc(OC)c(OC)c4)=NN23)cc1. The van der Waals surface area contributed by atoms with Gasteiger partial charge in [-0.2, -0.15) is 5.10 Å². The van der Waals surface area contributed by atoms with E-state index in [1.165, 1.54) is 0 Å². The maximum Gasteiger partial charge on any atom is 0.213 e. The van der Waals surface area contributed by atoms with Gasteiger partial charge in [0, 0.05) is 23.1 Å². The van der Waals surface area contributed by atoms with Crippen LogP contribution in [0.25, 0.3) is 0 Å². The van der Waals surface area contributed by atoms with Crippen LogP contribution in [0, 0.1) is 0 Å². The number of methoxy groups -OCH3 is 3. The van der Waals surface area contributed by atoms with Gasteiger partial charge in [-0.05, 0) is 48.5 Å². The molecule has 5 rings (SSSR count). The Bertz CT molecular complexity index is 1130. The van der Waals surface area contributed by atoms with E-state index in [4.69, 9.17) is 24.0 Å². The monoisotopic (exact) mass is 416 g/mol. The number of hydrogen-bond donors (Lipinski definition) is 0. The summed E-state index contributed by atoms with van der Waals surface area (Å²) in [5.74, 6) is 3.10. The highest BCUT2D eigenvalue weighted by Gasteiger charge is 2.40. The lowest BCUT2D eigenvalue weighted by Crippen LogP contribution is -2.33. The molecule has 2 aliphatic heterocycles. The van der Waals surface area contributed by atoms with Crippen molar-refractivity contribution in [1.82, 2.24) is 5.01 Å². The van der Waals surface area contributed by atoms with Crippen LogP contribution in [-0.2, 0) is 0 Å². The van der Waals surface area contributed by atoms with E-state index in [2.05, 4.69) is 11.1 Å². The minimum Gasteiger partial charge on any atom is -0.497 e. The summed E-state index contributed by atoms with van der Waals surface area (Å²) in [6.07, 6.45) is 0.464. The zero-order valence-electron chi connectivity index (χ0n) is 17.7. The molecule has 3 aromatic rings. The summed E-state index contributed by atoms with van der Waals surface area (Å²) in [5, 5.41) is 7.07. The minimum absolute atomic E-state index is 0.0974. The summed E-state index contributed by atoms with van der Waals surface area (Å²) in [4.78, 5) is 0. The van der Waals surface area contributed by atoms with Crippen molar-refractivity contribution in [2.24, 2.45) is 5.10 Å². The van der Waals surface area contributed by atoms with Crippen molar-refractivity contribution in [1.29, 1.82) is 0 Å². The predicted octanol–water partition coefficient (Wildman–Crippen LogP) is 4.95. The second-order valence-electron chi connectivity index (χ2n) is 7.50. The molecule has 0 aliphatic carbocycles. The number of ether oxygens (including phenoxy) is 4. The van der Waals surface area contributed by atoms with Crippen LogP contribution in [0.1, 0.15) is 35.4 Å². The Hall–Kier alpha value is -3.67. The molecule has 0 spiro atoms. The molecule has 0 aromatic heterocycles. The molecular weight excluding hydrogens is 392 g/mol. The highest BCUT2D eigenvalue weighted by molar-refractivity contribution is 6.02. The van der Waals surface area contributed by atoms with Crippen LogP contribution in [0.2, 0.25) is 0 Å². The predicted molar refractivity (Wildman–Crippen MR) is 118 cm³/mol. The van der Waals surface area contributed by atoms with E-state index in [1.54, 1.807) is 21.3 Å². The molecule has 0 saturated carbocycles. The van der Waals surface area contributed by atoms with Crippen molar-refractivity contribution >= 4 is 5.71 Å². The molecular formula is C25H24N2O4. The van der Waals surface area contributed by atoms with Gasteiger partial charge in [-0.1, -0.05) is 18.2 Å². The smallest absolute Gasteiger partial charge is 0.213 e. The van der Waals surface area contributed by atoms with Gasteiger partial charge in [-0.3, -0.25) is 0 Å². The molecule has 2 atom stereocenters. The first kappa shape index (κ1) is 19.3. The van der Waals surface area contributed by atoms with Crippen molar-refractivity contribution < 1.29 is 18.9 Å². The van der Waals surface area contributed by atoms with Gasteiger partial charge in [0.15, 0.2) is 11.5 Å². The Morgan fingerprint density at radius 2 is 1.65 bits per heavy atom. The van der Waals surface area contributed by atoms with Crippen LogP contribution < -0.4 is 18.9 Å². The molecule has 0 saturated heterocycles. The summed E-state index contributed by atoms with van der Waals surface area (Å²) in [5.41, 5.74) is 4.17. The lowest BCUT2D eigenvalue weighted by atomic mass is 9.96. The second kappa shape index (κ2) is 7.87. The molecule has 6 heteroatoms. The summed E-state index contributed by atoms with van der Waals surface area (Å²) in [6.45, 7) is 0. The highest BCUT2D eigenvalue weighted by Crippen LogP contribution is 2.47. The highest BCUT2D eigenvalue weighted by atomic mass is 16.5. The number of hydrazone groups is 1. The standard InChI is InChI=1S/C25H24N2O4/c1-28-18-11-8-16(9-12-18)25-27-21(19-6-4-5-7-22(19)31-25)15-20(26-27)17-10-13-23(29-2)24(14-17)30-3/h4-14,21,25H,15H2,1-3H3/t21-,25+/m0/s1. The van der Waals surface area contributed by atoms with Gasteiger partial charge in [-0.25, -0.2) is 5.01 Å². The number of rotatable bonds is 5. The molecule has 0 N–H and O–H groups in total. The minimum atomic E-state index is -0.316. The van der Waals surface area contributed by atoms with Gasteiger partial charge in [0.1, 0.15) is 11.5 Å². The summed E-state index contributed by atoms with van der Waals surface area (Å²) in [7, 11) is 4.95. The molecule has 3 aromatic carbocycles. The lowest BCUT2D eigenvalue weighted by Gasteiger charge is -2.38. The normalized spacial score (nSPS) is 19.1. The second-order valence-corrected chi connectivity index (χ2v) is 7.50. The third kappa shape index (κ3) is 3.34. The Morgan fingerprint density at radius 1 is 0.871 bits per heavy atom. The fourth-order valence-corrected chi connectivity index (χ4v) is 4.21. The van der Waals surface area contributed by atoms with Crippen molar-refractivity contribution in [2.75, 3.05) is 21.3 Å². The van der Waals surface area contributed by atoms with Crippen LogP contribution in [0.15, 0.2) is 71.8 Å². The zero-order valence-corrected chi connectivity index (χ0v) is 17.7. The molecule has 0 amide bonds. The first-order valence-corrected chi connectivity index (χ1v) is 10.2. The fourth-order valence-electron chi connectivity index (χ4n) is 4.21. The average molecular weight is 416 g/mol. The van der Waals surface area contributed by atoms with Gasteiger partial charge < -0.3 is 18.9 Å². The van der Waals surface area contributed by atoms with Crippen LogP contribution in [-0.4, -0.2) is 32.0 Å². The van der Waals surface area contributed by atoms with Crippen LogP contribution in [0.5, 0.6) is 23.0 Å². The quantitative estimate of drug-likeness (QED) is 0.589. The van der Waals surface area contributed by atoms with Gasteiger partial charge in [0.25, 0.3) is 0 Å². The first-order chi connectivity index (χ1) is 15.2. The summed E-state index contributed by atoms with van der Waals surface area (Å²) in [6, 6.07) is 22.1. The number of nitrogens with zero attached hydrogens (tertiary/aromatic N) is 2. The maximum absolute atomic E-state index is 6.40. The fraction of sp³-hybridized carbons (Fsp3) is 0.240. The number of fused-ring (bicyclic) bond motifs is 3. The third-order valence-electron chi connectivity index (χ3n) is 5.82. The van der Waals surface area contributed by atoms with E-state index >= 15 is 0 Å². The van der Waals surface area contributed by atoms with Gasteiger partial charge in [0.05, 0.1) is 33.1 Å². The molecule has 6 nitrogen and oxygen atoms in total. The largest absolute Gasteiger partial charge is 0.497 e. The Kier molecular flexibility index (Phi) is 4.90. The average Bonchev–Trinajstić information content (AvgIpc) is 3.29. The van der Waals surface area contributed by atoms with Gasteiger partial charge in [0.2, 0.25) is 6.23 Å². The van der Waals surface area contributed by atoms with Gasteiger partial charge in [-0.15, -0.1) is 0 Å².